The Morgan fingerprint density at radius 3 is 3.11 bits per heavy atom. The second-order valence-corrected chi connectivity index (χ2v) is 5.45. The van der Waals surface area contributed by atoms with Crippen molar-refractivity contribution in [2.24, 2.45) is 0 Å². The second kappa shape index (κ2) is 6.12. The molecule has 5 nitrogen and oxygen atoms in total. The zero-order valence-corrected chi connectivity index (χ0v) is 12.2. The fraction of sp³-hybridized carbons (Fsp3) is 0.417. The van der Waals surface area contributed by atoms with Gasteiger partial charge in [0.2, 0.25) is 5.91 Å². The van der Waals surface area contributed by atoms with E-state index in [9.17, 15) is 9.59 Å². The van der Waals surface area contributed by atoms with Gasteiger partial charge in [-0.15, -0.1) is 11.3 Å². The first kappa shape index (κ1) is 14.0. The van der Waals surface area contributed by atoms with Gasteiger partial charge in [0.1, 0.15) is 4.83 Å². The van der Waals surface area contributed by atoms with Crippen LogP contribution in [0.2, 0.25) is 0 Å². The molecule has 2 rings (SSSR count). The molecule has 0 aliphatic heterocycles. The number of nitrogens with one attached hydrogen (secondary N) is 2. The number of hydrogen-bond donors (Lipinski definition) is 2. The standard InChI is InChI=1S/C12H15N3O2S2/c1-2-5-13-9(16)3-6-15-11(17)8-4-7-19-10(8)14-12(15)18/h4,7H,2-3,5-6H2,1H3,(H,13,16)(H,14,18). The monoisotopic (exact) mass is 297 g/mol. The molecule has 0 aliphatic carbocycles. The van der Waals surface area contributed by atoms with E-state index in [-0.39, 0.29) is 17.9 Å². The van der Waals surface area contributed by atoms with Gasteiger partial charge in [0.25, 0.3) is 5.56 Å². The van der Waals surface area contributed by atoms with Crippen molar-refractivity contribution in [1.82, 2.24) is 14.9 Å². The lowest BCUT2D eigenvalue weighted by Crippen LogP contribution is -2.28. The number of nitrogens with zero attached hydrogens (tertiary/aromatic N) is 1. The molecule has 7 heteroatoms. The molecule has 0 aromatic carbocycles. The topological polar surface area (TPSA) is 66.9 Å². The Kier molecular flexibility index (Phi) is 4.49. The number of hydrogen-bond acceptors (Lipinski definition) is 4. The van der Waals surface area contributed by atoms with Gasteiger partial charge in [0.05, 0.1) is 5.39 Å². The van der Waals surface area contributed by atoms with Crippen LogP contribution in [0.3, 0.4) is 0 Å². The smallest absolute Gasteiger partial charge is 0.263 e. The molecule has 0 saturated heterocycles. The largest absolute Gasteiger partial charge is 0.356 e. The summed E-state index contributed by atoms with van der Waals surface area (Å²) in [6.45, 7) is 2.95. The third-order valence-corrected chi connectivity index (χ3v) is 3.89. The Morgan fingerprint density at radius 2 is 2.37 bits per heavy atom. The van der Waals surface area contributed by atoms with E-state index in [1.807, 2.05) is 12.3 Å². The van der Waals surface area contributed by atoms with E-state index in [2.05, 4.69) is 10.3 Å². The van der Waals surface area contributed by atoms with Crippen LogP contribution in [0.4, 0.5) is 0 Å². The van der Waals surface area contributed by atoms with Crippen molar-refractivity contribution in [3.63, 3.8) is 0 Å². The predicted molar refractivity (Wildman–Crippen MR) is 79.2 cm³/mol. The average Bonchev–Trinajstić information content (AvgIpc) is 2.84. The number of aromatic nitrogens is 2. The maximum Gasteiger partial charge on any atom is 0.263 e. The van der Waals surface area contributed by atoms with Crippen LogP contribution in [-0.4, -0.2) is 22.0 Å². The lowest BCUT2D eigenvalue weighted by molar-refractivity contribution is -0.121. The van der Waals surface area contributed by atoms with Gasteiger partial charge in [0.15, 0.2) is 4.77 Å². The zero-order valence-electron chi connectivity index (χ0n) is 10.6. The highest BCUT2D eigenvalue weighted by molar-refractivity contribution is 7.71. The highest BCUT2D eigenvalue weighted by Crippen LogP contribution is 2.14. The van der Waals surface area contributed by atoms with Crippen LogP contribution in [0.15, 0.2) is 16.2 Å². The normalized spacial score (nSPS) is 10.8. The first-order valence-corrected chi connectivity index (χ1v) is 7.39. The van der Waals surface area contributed by atoms with E-state index in [4.69, 9.17) is 12.2 Å². The molecule has 0 spiro atoms. The number of rotatable bonds is 5. The summed E-state index contributed by atoms with van der Waals surface area (Å²) in [7, 11) is 0. The van der Waals surface area contributed by atoms with Gasteiger partial charge >= 0.3 is 0 Å². The van der Waals surface area contributed by atoms with Crippen molar-refractivity contribution in [1.29, 1.82) is 0 Å². The molecule has 0 unspecified atom stereocenters. The molecule has 2 N–H and O–H groups in total. The Balaban J connectivity index is 2.19. The van der Waals surface area contributed by atoms with Crippen molar-refractivity contribution in [3.8, 4) is 0 Å². The van der Waals surface area contributed by atoms with Gasteiger partial charge in [-0.3, -0.25) is 14.2 Å². The summed E-state index contributed by atoms with van der Waals surface area (Å²) in [5.74, 6) is -0.0615. The number of carbonyl (C=O) groups excluding carboxylic acids is 1. The highest BCUT2D eigenvalue weighted by Gasteiger charge is 2.08. The summed E-state index contributed by atoms with van der Waals surface area (Å²) >= 11 is 6.60. The van der Waals surface area contributed by atoms with Gasteiger partial charge in [-0.1, -0.05) is 6.92 Å². The Bertz CT molecular complexity index is 699. The van der Waals surface area contributed by atoms with Gasteiger partial charge < -0.3 is 10.3 Å². The summed E-state index contributed by atoms with van der Waals surface area (Å²) < 4.78 is 1.80. The van der Waals surface area contributed by atoms with Gasteiger partial charge in [-0.2, -0.15) is 0 Å². The molecule has 0 atom stereocenters. The summed E-state index contributed by atoms with van der Waals surface area (Å²) in [6, 6.07) is 1.77. The van der Waals surface area contributed by atoms with Gasteiger partial charge in [-0.05, 0) is 30.1 Å². The number of H-pyrrole nitrogens is 1. The van der Waals surface area contributed by atoms with E-state index in [0.29, 0.717) is 23.2 Å². The lowest BCUT2D eigenvalue weighted by atomic mass is 10.3. The zero-order chi connectivity index (χ0) is 13.8. The maximum absolute atomic E-state index is 12.2. The minimum Gasteiger partial charge on any atom is -0.356 e. The number of fused-ring (bicyclic) bond motifs is 1. The summed E-state index contributed by atoms with van der Waals surface area (Å²) in [5.41, 5.74) is -0.136. The molecule has 0 radical (unpaired) electrons. The van der Waals surface area contributed by atoms with Crippen LogP contribution in [0.5, 0.6) is 0 Å². The van der Waals surface area contributed by atoms with Crippen molar-refractivity contribution in [2.75, 3.05) is 6.54 Å². The van der Waals surface area contributed by atoms with Crippen molar-refractivity contribution in [3.05, 3.63) is 26.6 Å². The summed E-state index contributed by atoms with van der Waals surface area (Å²) in [5, 5.41) is 5.24. The van der Waals surface area contributed by atoms with E-state index >= 15 is 0 Å². The Hall–Kier alpha value is -1.47. The lowest BCUT2D eigenvalue weighted by Gasteiger charge is -2.06. The van der Waals surface area contributed by atoms with Crippen LogP contribution in [0, 0.1) is 4.77 Å². The Morgan fingerprint density at radius 1 is 1.58 bits per heavy atom. The van der Waals surface area contributed by atoms with Crippen LogP contribution >= 0.6 is 23.6 Å². The highest BCUT2D eigenvalue weighted by atomic mass is 32.1. The fourth-order valence-electron chi connectivity index (χ4n) is 1.75. The molecule has 0 aliphatic rings. The first-order chi connectivity index (χ1) is 9.13. The summed E-state index contributed by atoms with van der Waals surface area (Å²) in [6.07, 6.45) is 1.15. The molecule has 1 amide bonds. The quantitative estimate of drug-likeness (QED) is 0.830. The van der Waals surface area contributed by atoms with Gasteiger partial charge in [0, 0.05) is 19.5 Å². The molecule has 102 valence electrons. The van der Waals surface area contributed by atoms with Gasteiger partial charge in [-0.25, -0.2) is 0 Å². The molecule has 19 heavy (non-hydrogen) atoms. The first-order valence-electron chi connectivity index (χ1n) is 6.10. The van der Waals surface area contributed by atoms with E-state index < -0.39 is 0 Å². The fourth-order valence-corrected chi connectivity index (χ4v) is 2.86. The van der Waals surface area contributed by atoms with Crippen LogP contribution in [0.1, 0.15) is 19.8 Å². The second-order valence-electron chi connectivity index (χ2n) is 4.15. The average molecular weight is 297 g/mol. The van der Waals surface area contributed by atoms with E-state index in [1.165, 1.54) is 15.9 Å². The Labute approximate surface area is 119 Å². The summed E-state index contributed by atoms with van der Waals surface area (Å²) in [4.78, 5) is 27.5. The van der Waals surface area contributed by atoms with Crippen molar-refractivity contribution < 1.29 is 4.79 Å². The predicted octanol–water partition coefficient (Wildman–Crippen LogP) is 2.04. The molecule has 0 fully saturated rings. The molecule has 2 aromatic heterocycles. The van der Waals surface area contributed by atoms with Crippen LogP contribution in [-0.2, 0) is 11.3 Å². The van der Waals surface area contributed by atoms with E-state index in [0.717, 1.165) is 11.3 Å². The molecule has 2 heterocycles. The number of amides is 1. The molecular formula is C12H15N3O2S2. The molecule has 0 saturated carbocycles. The number of carbonyl (C=O) groups is 1. The maximum atomic E-state index is 12.2. The minimum absolute atomic E-state index is 0.0615. The third-order valence-electron chi connectivity index (χ3n) is 2.74. The van der Waals surface area contributed by atoms with Crippen molar-refractivity contribution >= 4 is 39.7 Å². The molecule has 0 bridgehead atoms. The molecule has 2 aromatic rings. The SMILES string of the molecule is CCCNC(=O)CCn1c(=S)[nH]c2sccc2c1=O. The number of thiophene rings is 1. The van der Waals surface area contributed by atoms with Crippen LogP contribution in [0.25, 0.3) is 10.2 Å². The minimum atomic E-state index is -0.136. The third kappa shape index (κ3) is 3.10. The van der Waals surface area contributed by atoms with E-state index in [1.54, 1.807) is 6.07 Å². The number of aromatic amines is 1. The molecular weight excluding hydrogens is 282 g/mol. The van der Waals surface area contributed by atoms with Crippen molar-refractivity contribution in [2.45, 2.75) is 26.3 Å². The van der Waals surface area contributed by atoms with Crippen LogP contribution < -0.4 is 10.9 Å².